The molecule has 37 heavy (non-hydrogen) atoms. The molecular formula is C27H31BrN6O3. The predicted molar refractivity (Wildman–Crippen MR) is 141 cm³/mol. The fourth-order valence-electron chi connectivity index (χ4n) is 7.93. The van der Waals surface area contributed by atoms with E-state index in [1.807, 2.05) is 53.5 Å². The van der Waals surface area contributed by atoms with Crippen LogP contribution in [0, 0.1) is 41.2 Å². The molecule has 9 nitrogen and oxygen atoms in total. The number of nitro groups is 1. The van der Waals surface area contributed by atoms with Gasteiger partial charge in [0.1, 0.15) is 4.47 Å². The van der Waals surface area contributed by atoms with Gasteiger partial charge >= 0.3 is 5.82 Å². The minimum absolute atomic E-state index is 0.0657. The molecule has 4 bridgehead atoms. The van der Waals surface area contributed by atoms with Crippen LogP contribution in [0.2, 0.25) is 0 Å². The summed E-state index contributed by atoms with van der Waals surface area (Å²) in [4.78, 5) is 24.3. The van der Waals surface area contributed by atoms with Crippen LogP contribution in [0.1, 0.15) is 61.9 Å². The maximum atomic E-state index is 13.3. The Labute approximate surface area is 223 Å². The van der Waals surface area contributed by atoms with E-state index in [0.717, 1.165) is 54.7 Å². The van der Waals surface area contributed by atoms with Crippen molar-refractivity contribution in [1.29, 1.82) is 0 Å². The van der Waals surface area contributed by atoms with Gasteiger partial charge in [0.2, 0.25) is 5.91 Å². The number of aryl methyl sites for hydroxylation is 1. The van der Waals surface area contributed by atoms with E-state index in [9.17, 15) is 14.9 Å². The lowest BCUT2D eigenvalue weighted by Gasteiger charge is -2.61. The third kappa shape index (κ3) is 4.19. The fourth-order valence-corrected chi connectivity index (χ4v) is 8.35. The molecule has 0 aliphatic heterocycles. The van der Waals surface area contributed by atoms with Gasteiger partial charge in [-0.05, 0) is 103 Å². The number of halogens is 1. The highest BCUT2D eigenvalue weighted by molar-refractivity contribution is 9.10. The second-order valence-electron chi connectivity index (χ2n) is 11.5. The summed E-state index contributed by atoms with van der Waals surface area (Å²) in [5, 5.41) is 23.7. The summed E-state index contributed by atoms with van der Waals surface area (Å²) in [5.41, 5.74) is 3.67. The van der Waals surface area contributed by atoms with Crippen molar-refractivity contribution in [1.82, 2.24) is 24.9 Å². The Bertz CT molecular complexity index is 1370. The zero-order valence-corrected chi connectivity index (χ0v) is 22.7. The first-order chi connectivity index (χ1) is 17.7. The minimum atomic E-state index is -0.436. The van der Waals surface area contributed by atoms with Gasteiger partial charge in [-0.1, -0.05) is 18.2 Å². The molecule has 4 fully saturated rings. The van der Waals surface area contributed by atoms with Crippen LogP contribution < -0.4 is 5.32 Å². The summed E-state index contributed by atoms with van der Waals surface area (Å²) < 4.78 is 4.20. The van der Waals surface area contributed by atoms with Gasteiger partial charge in [-0.3, -0.25) is 4.79 Å². The van der Waals surface area contributed by atoms with Crippen LogP contribution in [0.15, 0.2) is 41.0 Å². The average molecular weight is 567 g/mol. The van der Waals surface area contributed by atoms with Gasteiger partial charge in [0.05, 0.1) is 28.2 Å². The Kier molecular flexibility index (Phi) is 5.78. The molecule has 1 aromatic carbocycles. The van der Waals surface area contributed by atoms with Gasteiger partial charge in [-0.25, -0.2) is 4.68 Å². The van der Waals surface area contributed by atoms with Crippen LogP contribution in [-0.2, 0) is 16.9 Å². The van der Waals surface area contributed by atoms with E-state index in [1.54, 1.807) is 6.20 Å². The van der Waals surface area contributed by atoms with E-state index in [1.165, 1.54) is 6.42 Å². The van der Waals surface area contributed by atoms with Gasteiger partial charge in [0.15, 0.2) is 0 Å². The molecule has 7 rings (SSSR count). The van der Waals surface area contributed by atoms with E-state index in [0.29, 0.717) is 29.3 Å². The number of carbonyl (C=O) groups excluding carboxylic acids is 1. The van der Waals surface area contributed by atoms with Crippen LogP contribution in [-0.4, -0.2) is 30.4 Å². The van der Waals surface area contributed by atoms with E-state index >= 15 is 0 Å². The highest BCUT2D eigenvalue weighted by Gasteiger charge is 2.60. The summed E-state index contributed by atoms with van der Waals surface area (Å²) >= 11 is 3.33. The van der Waals surface area contributed by atoms with Gasteiger partial charge < -0.3 is 15.4 Å². The predicted octanol–water partition coefficient (Wildman–Crippen LogP) is 5.36. The third-order valence-corrected chi connectivity index (χ3v) is 9.46. The third-order valence-electron chi connectivity index (χ3n) is 8.90. The van der Waals surface area contributed by atoms with E-state index in [2.05, 4.69) is 26.3 Å². The van der Waals surface area contributed by atoms with Crippen molar-refractivity contribution in [2.24, 2.45) is 17.3 Å². The van der Waals surface area contributed by atoms with E-state index in [4.69, 9.17) is 5.10 Å². The zero-order valence-electron chi connectivity index (χ0n) is 21.1. The Morgan fingerprint density at radius 3 is 2.51 bits per heavy atom. The number of para-hydroxylation sites is 1. The summed E-state index contributed by atoms with van der Waals surface area (Å²) in [6.45, 7) is 4.48. The monoisotopic (exact) mass is 566 g/mol. The van der Waals surface area contributed by atoms with Crippen molar-refractivity contribution < 1.29 is 9.72 Å². The van der Waals surface area contributed by atoms with Gasteiger partial charge in [-0.15, -0.1) is 0 Å². The Morgan fingerprint density at radius 2 is 1.86 bits per heavy atom. The van der Waals surface area contributed by atoms with Crippen molar-refractivity contribution in [3.05, 3.63) is 68.1 Å². The van der Waals surface area contributed by atoms with Crippen LogP contribution in [0.4, 0.5) is 5.82 Å². The molecule has 2 atom stereocenters. The number of hydrogen-bond acceptors (Lipinski definition) is 5. The molecule has 1 N–H and O–H groups in total. The van der Waals surface area contributed by atoms with Gasteiger partial charge in [0, 0.05) is 24.2 Å². The lowest BCUT2D eigenvalue weighted by atomic mass is 9.46. The first-order valence-electron chi connectivity index (χ1n) is 12.9. The molecule has 3 aromatic rings. The maximum absolute atomic E-state index is 13.3. The fraction of sp³-hybridized carbons (Fsp3) is 0.519. The van der Waals surface area contributed by atoms with Crippen LogP contribution in [0.25, 0.3) is 5.69 Å². The average Bonchev–Trinajstić information content (AvgIpc) is 3.37. The topological polar surface area (TPSA) is 108 Å². The van der Waals surface area contributed by atoms with Crippen molar-refractivity contribution in [2.45, 2.75) is 70.9 Å². The second kappa shape index (κ2) is 8.79. The molecule has 10 heteroatoms. The smallest absolute Gasteiger partial charge is 0.358 e. The van der Waals surface area contributed by atoms with Crippen molar-refractivity contribution in [2.75, 3.05) is 0 Å². The molecule has 194 valence electrons. The number of benzene rings is 1. The molecule has 0 spiro atoms. The van der Waals surface area contributed by atoms with Crippen molar-refractivity contribution in [3.63, 3.8) is 0 Å². The highest BCUT2D eigenvalue weighted by Crippen LogP contribution is 2.65. The molecule has 2 aromatic heterocycles. The number of rotatable bonds is 7. The molecule has 1 amide bonds. The Morgan fingerprint density at radius 1 is 1.16 bits per heavy atom. The molecule has 2 heterocycles. The summed E-state index contributed by atoms with van der Waals surface area (Å²) in [6, 6.07) is 10.0. The Balaban J connectivity index is 1.19. The summed E-state index contributed by atoms with van der Waals surface area (Å²) in [7, 11) is 0. The molecule has 4 aliphatic carbocycles. The zero-order chi connectivity index (χ0) is 25.9. The number of nitrogens with zero attached hydrogens (tertiary/aromatic N) is 5. The quantitative estimate of drug-likeness (QED) is 0.306. The van der Waals surface area contributed by atoms with Crippen LogP contribution >= 0.6 is 15.9 Å². The van der Waals surface area contributed by atoms with Crippen molar-refractivity contribution >= 4 is 27.7 Å². The van der Waals surface area contributed by atoms with E-state index < -0.39 is 4.92 Å². The van der Waals surface area contributed by atoms with E-state index in [-0.39, 0.29) is 22.7 Å². The van der Waals surface area contributed by atoms with Gasteiger partial charge in [0.25, 0.3) is 0 Å². The molecule has 0 radical (unpaired) electrons. The van der Waals surface area contributed by atoms with Crippen LogP contribution in [0.5, 0.6) is 0 Å². The molecule has 2 unspecified atom stereocenters. The molecular weight excluding hydrogens is 536 g/mol. The van der Waals surface area contributed by atoms with Crippen LogP contribution in [0.3, 0.4) is 0 Å². The molecule has 4 saturated carbocycles. The van der Waals surface area contributed by atoms with Crippen molar-refractivity contribution in [3.8, 4) is 5.69 Å². The first kappa shape index (κ1) is 24.3. The summed E-state index contributed by atoms with van der Waals surface area (Å²) in [5.74, 6) is 0.995. The standard InChI is InChI=1S/C27H31BrN6O3/c1-17-22(18(2)33(30-17)21-6-4-3-5-7-21)14-29-24(35)13-26-9-19-8-20(10-26)12-27(11-19,16-26)32-15-23(28)25(31-32)34(36)37/h3-7,15,19-20H,8-14,16H2,1-2H3,(H,29,35). The largest absolute Gasteiger partial charge is 0.404 e. The second-order valence-corrected chi connectivity index (χ2v) is 12.4. The SMILES string of the molecule is Cc1nn(-c2ccccc2)c(C)c1CNC(=O)CC12CC3CC(C1)CC(n1cc(Br)c([N+](=O)[O-])n1)(C3)C2. The lowest BCUT2D eigenvalue weighted by Crippen LogP contribution is -2.57. The number of aromatic nitrogens is 4. The minimum Gasteiger partial charge on any atom is -0.358 e. The normalized spacial score (nSPS) is 28.0. The molecule has 4 aliphatic rings. The number of carbonyl (C=O) groups is 1. The number of hydrogen-bond donors (Lipinski definition) is 1. The first-order valence-corrected chi connectivity index (χ1v) is 13.7. The maximum Gasteiger partial charge on any atom is 0.404 e. The molecule has 0 saturated heterocycles. The number of nitrogens with one attached hydrogen (secondary N) is 1. The summed E-state index contributed by atoms with van der Waals surface area (Å²) in [6.07, 6.45) is 8.35. The lowest BCUT2D eigenvalue weighted by molar-refractivity contribution is -0.390. The van der Waals surface area contributed by atoms with Gasteiger partial charge in [-0.2, -0.15) is 9.78 Å². The highest BCUT2D eigenvalue weighted by atomic mass is 79.9. The number of amides is 1. The Hall–Kier alpha value is -3.01.